The molecule has 0 amide bonds. The maximum absolute atomic E-state index is 12.8. The van der Waals surface area contributed by atoms with Gasteiger partial charge in [-0.15, -0.1) is 0 Å². The molecule has 1 aliphatic carbocycles. The molecule has 1 saturated carbocycles. The van der Waals surface area contributed by atoms with Gasteiger partial charge in [-0.05, 0) is 37.5 Å². The van der Waals surface area contributed by atoms with Gasteiger partial charge in [-0.3, -0.25) is 4.79 Å². The first-order chi connectivity index (χ1) is 9.24. The third-order valence-corrected chi connectivity index (χ3v) is 4.80. The number of rotatable bonds is 8. The van der Waals surface area contributed by atoms with Crippen LogP contribution in [0.1, 0.15) is 60.3 Å². The van der Waals surface area contributed by atoms with Gasteiger partial charge in [0.05, 0.1) is 6.61 Å². The zero-order valence-corrected chi connectivity index (χ0v) is 13.7. The number of aliphatic hydroxyl groups excluding tert-OH is 1. The minimum absolute atomic E-state index is 0.00259. The summed E-state index contributed by atoms with van der Waals surface area (Å²) in [7, 11) is 0. The molecule has 0 aliphatic heterocycles. The lowest BCUT2D eigenvalue weighted by Crippen LogP contribution is -2.45. The summed E-state index contributed by atoms with van der Waals surface area (Å²) in [4.78, 5) is 12.8. The number of nitrogens with one attached hydrogen (secondary N) is 1. The molecule has 3 atom stereocenters. The first-order valence-electron chi connectivity index (χ1n) is 7.97. The van der Waals surface area contributed by atoms with E-state index in [1.807, 2.05) is 20.8 Å². The van der Waals surface area contributed by atoms with Crippen LogP contribution >= 0.6 is 0 Å². The van der Waals surface area contributed by atoms with Gasteiger partial charge in [-0.2, -0.15) is 0 Å². The molecule has 2 N–H and O–H groups in total. The lowest BCUT2D eigenvalue weighted by atomic mass is 9.60. The van der Waals surface area contributed by atoms with Crippen LogP contribution in [0, 0.1) is 34.5 Å². The summed E-state index contributed by atoms with van der Waals surface area (Å²) < 4.78 is 0. The van der Waals surface area contributed by atoms with Crippen molar-refractivity contribution < 1.29 is 9.90 Å². The van der Waals surface area contributed by atoms with Crippen molar-refractivity contribution in [3.63, 3.8) is 0 Å². The predicted octanol–water partition coefficient (Wildman–Crippen LogP) is 3.69. The second kappa shape index (κ2) is 6.84. The van der Waals surface area contributed by atoms with Crippen LogP contribution in [0.15, 0.2) is 0 Å². The molecule has 3 nitrogen and oxygen atoms in total. The van der Waals surface area contributed by atoms with E-state index in [4.69, 9.17) is 5.41 Å². The zero-order chi connectivity index (χ0) is 15.5. The van der Waals surface area contributed by atoms with Gasteiger partial charge in [-0.25, -0.2) is 0 Å². The van der Waals surface area contributed by atoms with Crippen LogP contribution in [0.2, 0.25) is 0 Å². The van der Waals surface area contributed by atoms with E-state index in [1.165, 1.54) is 0 Å². The highest BCUT2D eigenvalue weighted by atomic mass is 16.3. The highest BCUT2D eigenvalue weighted by Crippen LogP contribution is 2.45. The Morgan fingerprint density at radius 1 is 1.35 bits per heavy atom. The summed E-state index contributed by atoms with van der Waals surface area (Å²) >= 11 is 0. The van der Waals surface area contributed by atoms with Crippen molar-refractivity contribution in [1.82, 2.24) is 0 Å². The highest BCUT2D eigenvalue weighted by Gasteiger charge is 2.45. The average Bonchev–Trinajstić information content (AvgIpc) is 2.34. The van der Waals surface area contributed by atoms with E-state index < -0.39 is 5.41 Å². The van der Waals surface area contributed by atoms with E-state index in [0.717, 1.165) is 31.4 Å². The molecule has 0 bridgehead atoms. The molecule has 3 heteroatoms. The quantitative estimate of drug-likeness (QED) is 0.666. The number of carbonyl (C=O) groups excluding carboxylic acids is 1. The van der Waals surface area contributed by atoms with Crippen molar-refractivity contribution in [3.8, 4) is 0 Å². The van der Waals surface area contributed by atoms with Crippen molar-refractivity contribution >= 4 is 11.5 Å². The second-order valence-corrected chi connectivity index (χ2v) is 7.37. The van der Waals surface area contributed by atoms with Crippen LogP contribution in [0.4, 0.5) is 0 Å². The van der Waals surface area contributed by atoms with Gasteiger partial charge in [0.1, 0.15) is 5.78 Å². The predicted molar refractivity (Wildman–Crippen MR) is 83.1 cm³/mol. The second-order valence-electron chi connectivity index (χ2n) is 7.37. The first-order valence-corrected chi connectivity index (χ1v) is 7.97. The van der Waals surface area contributed by atoms with E-state index in [9.17, 15) is 9.90 Å². The van der Waals surface area contributed by atoms with E-state index >= 15 is 0 Å². The Hall–Kier alpha value is -0.700. The van der Waals surface area contributed by atoms with Crippen LogP contribution in [0.5, 0.6) is 0 Å². The molecule has 0 aromatic heterocycles. The minimum Gasteiger partial charge on any atom is -0.395 e. The molecular weight excluding hydrogens is 250 g/mol. The molecular formula is C17H31NO2. The topological polar surface area (TPSA) is 61.2 Å². The molecule has 0 saturated heterocycles. The number of aliphatic hydroxyl groups is 1. The van der Waals surface area contributed by atoms with Crippen molar-refractivity contribution in [2.24, 2.45) is 29.1 Å². The van der Waals surface area contributed by atoms with Gasteiger partial charge >= 0.3 is 0 Å². The first kappa shape index (κ1) is 17.4. The Labute approximate surface area is 123 Å². The van der Waals surface area contributed by atoms with E-state index in [-0.39, 0.29) is 18.3 Å². The zero-order valence-electron chi connectivity index (χ0n) is 13.7. The fourth-order valence-electron chi connectivity index (χ4n) is 3.27. The molecule has 0 heterocycles. The van der Waals surface area contributed by atoms with Gasteiger partial charge in [0.15, 0.2) is 0 Å². The van der Waals surface area contributed by atoms with Crippen LogP contribution in [-0.4, -0.2) is 23.2 Å². The molecule has 116 valence electrons. The maximum atomic E-state index is 12.8. The summed E-state index contributed by atoms with van der Waals surface area (Å²) in [5.74, 6) is 1.27. The summed E-state index contributed by atoms with van der Waals surface area (Å²) in [6.45, 7) is 9.89. The highest BCUT2D eigenvalue weighted by molar-refractivity contribution is 5.89. The Kier molecular flexibility index (Phi) is 5.93. The van der Waals surface area contributed by atoms with E-state index in [1.54, 1.807) is 0 Å². The average molecular weight is 281 g/mol. The standard InChI is InChI=1S/C17H31NO2/c1-6-15(18)13-8-7-12(13)14(9-11(2)3)16(20)17(4,5)10-19/h11-14,18-19H,6-10H2,1-5H3/t12-,13?,14?/m0/s1. The minimum atomic E-state index is -0.659. The van der Waals surface area contributed by atoms with Crippen LogP contribution < -0.4 is 0 Å². The summed E-state index contributed by atoms with van der Waals surface area (Å²) in [6.07, 6.45) is 3.77. The largest absolute Gasteiger partial charge is 0.395 e. The fraction of sp³-hybridized carbons (Fsp3) is 0.882. The molecule has 2 unspecified atom stereocenters. The van der Waals surface area contributed by atoms with Crippen LogP contribution in [0.3, 0.4) is 0 Å². The van der Waals surface area contributed by atoms with Crippen LogP contribution in [-0.2, 0) is 4.79 Å². The van der Waals surface area contributed by atoms with Crippen LogP contribution in [0.25, 0.3) is 0 Å². The number of ketones is 1. The SMILES string of the molecule is CCC(=N)C1CC[C@@H]1C(CC(C)C)C(=O)C(C)(C)CO. The normalized spacial score (nSPS) is 24.4. The fourth-order valence-corrected chi connectivity index (χ4v) is 3.27. The smallest absolute Gasteiger partial charge is 0.144 e. The van der Waals surface area contributed by atoms with Gasteiger partial charge in [0, 0.05) is 23.0 Å². The molecule has 1 rings (SSSR count). The maximum Gasteiger partial charge on any atom is 0.144 e. The van der Waals surface area contributed by atoms with Gasteiger partial charge in [-0.1, -0.05) is 34.6 Å². The Morgan fingerprint density at radius 2 is 1.95 bits per heavy atom. The molecule has 0 aromatic carbocycles. The number of Topliss-reactive ketones (excluding diaryl/α,β-unsaturated/α-hetero) is 1. The third-order valence-electron chi connectivity index (χ3n) is 4.80. The summed E-state index contributed by atoms with van der Waals surface area (Å²) in [5.41, 5.74) is 0.137. The van der Waals surface area contributed by atoms with Crippen molar-refractivity contribution in [2.45, 2.75) is 60.3 Å². The van der Waals surface area contributed by atoms with Crippen molar-refractivity contribution in [1.29, 1.82) is 5.41 Å². The Morgan fingerprint density at radius 3 is 2.30 bits per heavy atom. The summed E-state index contributed by atoms with van der Waals surface area (Å²) in [6, 6.07) is 0. The molecule has 20 heavy (non-hydrogen) atoms. The number of hydrogen-bond donors (Lipinski definition) is 2. The summed E-state index contributed by atoms with van der Waals surface area (Å²) in [5, 5.41) is 17.6. The van der Waals surface area contributed by atoms with Gasteiger partial charge < -0.3 is 10.5 Å². The third kappa shape index (κ3) is 3.69. The van der Waals surface area contributed by atoms with Crippen molar-refractivity contribution in [2.75, 3.05) is 6.61 Å². The lowest BCUT2D eigenvalue weighted by Gasteiger charge is -2.44. The molecule has 0 aromatic rings. The van der Waals surface area contributed by atoms with E-state index in [0.29, 0.717) is 17.8 Å². The Balaban J connectivity index is 2.90. The molecule has 1 fully saturated rings. The molecule has 0 spiro atoms. The van der Waals surface area contributed by atoms with Gasteiger partial charge in [0.2, 0.25) is 0 Å². The number of carbonyl (C=O) groups is 1. The Bertz CT molecular complexity index is 360. The van der Waals surface area contributed by atoms with E-state index in [2.05, 4.69) is 13.8 Å². The number of hydrogen-bond acceptors (Lipinski definition) is 3. The van der Waals surface area contributed by atoms with Crippen molar-refractivity contribution in [3.05, 3.63) is 0 Å². The lowest BCUT2D eigenvalue weighted by molar-refractivity contribution is -0.137. The van der Waals surface area contributed by atoms with Gasteiger partial charge in [0.25, 0.3) is 0 Å². The molecule has 1 aliphatic rings. The molecule has 0 radical (unpaired) electrons. The monoisotopic (exact) mass is 281 g/mol.